The highest BCUT2D eigenvalue weighted by atomic mass is 35.5. The van der Waals surface area contributed by atoms with Crippen molar-refractivity contribution < 1.29 is 18.3 Å². The number of hydrogen-bond donors (Lipinski definition) is 2. The number of aromatic carboxylic acids is 1. The second-order valence-corrected chi connectivity index (χ2v) is 5.88. The van der Waals surface area contributed by atoms with Crippen molar-refractivity contribution in [3.63, 3.8) is 0 Å². The van der Waals surface area contributed by atoms with Gasteiger partial charge in [-0.1, -0.05) is 11.6 Å². The minimum Gasteiger partial charge on any atom is -0.477 e. The third-order valence-electron chi connectivity index (χ3n) is 2.38. The maximum Gasteiger partial charge on any atom is 0.352 e. The summed E-state index contributed by atoms with van der Waals surface area (Å²) in [7, 11) is -2.51. The highest BCUT2D eigenvalue weighted by Crippen LogP contribution is 2.18. The summed E-state index contributed by atoms with van der Waals surface area (Å²) in [4.78, 5) is 18.0. The van der Waals surface area contributed by atoms with E-state index in [1.54, 1.807) is 0 Å². The van der Waals surface area contributed by atoms with Crippen LogP contribution in [-0.4, -0.2) is 34.0 Å². The van der Waals surface area contributed by atoms with E-state index in [1.807, 2.05) is 0 Å². The van der Waals surface area contributed by atoms with Gasteiger partial charge in [0.05, 0.1) is 0 Å². The molecule has 0 unspecified atom stereocenters. The Morgan fingerprint density at radius 1 is 1.40 bits per heavy atom. The van der Waals surface area contributed by atoms with Crippen LogP contribution in [0.3, 0.4) is 0 Å². The second kappa shape index (κ2) is 5.10. The third-order valence-corrected chi connectivity index (χ3v) is 3.91. The average molecular weight is 317 g/mol. The van der Waals surface area contributed by atoms with Crippen LogP contribution in [0.4, 0.5) is 5.82 Å². The number of sulfonamides is 1. The molecule has 2 aromatic rings. The molecule has 2 heterocycles. The third kappa shape index (κ3) is 2.89. The van der Waals surface area contributed by atoms with Gasteiger partial charge in [-0.05, 0) is 6.07 Å². The smallest absolute Gasteiger partial charge is 0.352 e. The number of anilines is 1. The molecule has 0 aliphatic heterocycles. The normalized spacial score (nSPS) is 11.3. The summed E-state index contributed by atoms with van der Waals surface area (Å²) in [6, 6.07) is 2.29. The Bertz CT molecular complexity index is 771. The summed E-state index contributed by atoms with van der Waals surface area (Å²) in [5, 5.41) is 8.98. The molecule has 106 valence electrons. The number of aryl methyl sites for hydroxylation is 1. The Morgan fingerprint density at radius 3 is 2.65 bits per heavy atom. The molecule has 0 atom stereocenters. The molecular weight excluding hydrogens is 308 g/mol. The SMILES string of the molecule is Cn1cc(S(=O)(=O)Nc2cc(Cl)ncn2)cc1C(=O)O. The second-order valence-electron chi connectivity index (χ2n) is 3.81. The summed E-state index contributed by atoms with van der Waals surface area (Å²) in [6.07, 6.45) is 2.29. The highest BCUT2D eigenvalue weighted by molar-refractivity contribution is 7.92. The Balaban J connectivity index is 2.36. The summed E-state index contributed by atoms with van der Waals surface area (Å²) in [5.74, 6) is -1.23. The largest absolute Gasteiger partial charge is 0.477 e. The lowest BCUT2D eigenvalue weighted by Crippen LogP contribution is -2.13. The van der Waals surface area contributed by atoms with E-state index in [9.17, 15) is 13.2 Å². The van der Waals surface area contributed by atoms with Gasteiger partial charge in [-0.3, -0.25) is 4.72 Å². The molecule has 0 saturated carbocycles. The number of carbonyl (C=O) groups is 1. The molecule has 20 heavy (non-hydrogen) atoms. The van der Waals surface area contributed by atoms with E-state index >= 15 is 0 Å². The Hall–Kier alpha value is -2.13. The van der Waals surface area contributed by atoms with E-state index in [4.69, 9.17) is 16.7 Å². The van der Waals surface area contributed by atoms with Gasteiger partial charge in [0.2, 0.25) is 0 Å². The average Bonchev–Trinajstić information content (AvgIpc) is 2.71. The van der Waals surface area contributed by atoms with Crippen molar-refractivity contribution in [2.45, 2.75) is 4.90 Å². The molecule has 0 aromatic carbocycles. The standard InChI is InChI=1S/C10H9ClN4O4S/c1-15-4-6(2-7(15)10(16)17)20(18,19)14-9-3-8(11)12-5-13-9/h2-5H,1H3,(H,16,17)(H,12,13,14). The molecule has 0 bridgehead atoms. The number of carboxylic acid groups (broad SMARTS) is 1. The molecule has 0 aliphatic rings. The summed E-state index contributed by atoms with van der Waals surface area (Å²) < 4.78 is 27.5. The molecular formula is C10H9ClN4O4S. The zero-order chi connectivity index (χ0) is 14.9. The van der Waals surface area contributed by atoms with Gasteiger partial charge in [-0.2, -0.15) is 0 Å². The van der Waals surface area contributed by atoms with Gasteiger partial charge in [0.15, 0.2) is 0 Å². The highest BCUT2D eigenvalue weighted by Gasteiger charge is 2.20. The number of halogens is 1. The fourth-order valence-corrected chi connectivity index (χ4v) is 2.70. The van der Waals surface area contributed by atoms with Gasteiger partial charge in [-0.25, -0.2) is 23.2 Å². The van der Waals surface area contributed by atoms with Crippen LogP contribution in [-0.2, 0) is 17.1 Å². The molecule has 0 saturated heterocycles. The minimum atomic E-state index is -3.95. The van der Waals surface area contributed by atoms with E-state index in [0.717, 1.165) is 12.4 Å². The van der Waals surface area contributed by atoms with Crippen molar-refractivity contribution in [2.24, 2.45) is 7.05 Å². The summed E-state index contributed by atoms with van der Waals surface area (Å²) in [6.45, 7) is 0. The molecule has 2 N–H and O–H groups in total. The van der Waals surface area contributed by atoms with E-state index in [1.165, 1.54) is 23.9 Å². The number of rotatable bonds is 4. The zero-order valence-corrected chi connectivity index (χ0v) is 11.7. The number of carboxylic acids is 1. The van der Waals surface area contributed by atoms with Crippen molar-refractivity contribution in [2.75, 3.05) is 4.72 Å². The Morgan fingerprint density at radius 2 is 2.10 bits per heavy atom. The van der Waals surface area contributed by atoms with Crippen molar-refractivity contribution >= 4 is 33.4 Å². The molecule has 0 spiro atoms. The van der Waals surface area contributed by atoms with Crippen LogP contribution < -0.4 is 4.72 Å². The monoisotopic (exact) mass is 316 g/mol. The van der Waals surface area contributed by atoms with E-state index in [0.29, 0.717) is 0 Å². The van der Waals surface area contributed by atoms with Gasteiger partial charge in [0.25, 0.3) is 10.0 Å². The van der Waals surface area contributed by atoms with Crippen LogP contribution in [0.25, 0.3) is 0 Å². The minimum absolute atomic E-state index is 0.00859. The Kier molecular flexibility index (Phi) is 3.64. The molecule has 0 amide bonds. The topological polar surface area (TPSA) is 114 Å². The first-order chi connectivity index (χ1) is 9.29. The van der Waals surface area contributed by atoms with Crippen LogP contribution >= 0.6 is 11.6 Å². The van der Waals surface area contributed by atoms with Gasteiger partial charge in [-0.15, -0.1) is 0 Å². The van der Waals surface area contributed by atoms with Gasteiger partial charge >= 0.3 is 5.97 Å². The first-order valence-electron chi connectivity index (χ1n) is 5.19. The lowest BCUT2D eigenvalue weighted by Gasteiger charge is -2.04. The van der Waals surface area contributed by atoms with Crippen molar-refractivity contribution in [3.05, 3.63) is 35.5 Å². The van der Waals surface area contributed by atoms with Crippen LogP contribution in [0.15, 0.2) is 29.6 Å². The van der Waals surface area contributed by atoms with Gasteiger partial charge in [0, 0.05) is 19.3 Å². The van der Waals surface area contributed by atoms with Crippen molar-refractivity contribution in [1.29, 1.82) is 0 Å². The van der Waals surface area contributed by atoms with Gasteiger partial charge in [0.1, 0.15) is 27.9 Å². The molecule has 10 heteroatoms. The van der Waals surface area contributed by atoms with Crippen molar-refractivity contribution in [3.8, 4) is 0 Å². The lowest BCUT2D eigenvalue weighted by atomic mass is 10.4. The number of nitrogens with zero attached hydrogens (tertiary/aromatic N) is 3. The molecule has 2 aromatic heterocycles. The van der Waals surface area contributed by atoms with E-state index < -0.39 is 16.0 Å². The number of nitrogens with one attached hydrogen (secondary N) is 1. The van der Waals surface area contributed by atoms with E-state index in [2.05, 4.69) is 14.7 Å². The van der Waals surface area contributed by atoms with Crippen LogP contribution in [0.1, 0.15) is 10.5 Å². The Labute approximate surface area is 119 Å². The zero-order valence-electron chi connectivity index (χ0n) is 10.1. The fourth-order valence-electron chi connectivity index (χ4n) is 1.48. The van der Waals surface area contributed by atoms with Crippen LogP contribution in [0, 0.1) is 0 Å². The first-order valence-corrected chi connectivity index (χ1v) is 7.06. The predicted octanol–water partition coefficient (Wildman–Crippen LogP) is 0.968. The summed E-state index contributed by atoms with van der Waals surface area (Å²) >= 11 is 5.62. The molecule has 0 aliphatic carbocycles. The molecule has 2 rings (SSSR count). The molecule has 8 nitrogen and oxygen atoms in total. The van der Waals surface area contributed by atoms with E-state index in [-0.39, 0.29) is 21.6 Å². The van der Waals surface area contributed by atoms with Crippen LogP contribution in [0.5, 0.6) is 0 Å². The molecule has 0 fully saturated rings. The predicted molar refractivity (Wildman–Crippen MR) is 70.2 cm³/mol. The number of hydrogen-bond acceptors (Lipinski definition) is 5. The first kappa shape index (κ1) is 14.3. The number of aromatic nitrogens is 3. The fraction of sp³-hybridized carbons (Fsp3) is 0.100. The molecule has 0 radical (unpaired) electrons. The lowest BCUT2D eigenvalue weighted by molar-refractivity contribution is 0.0686. The summed E-state index contributed by atoms with van der Waals surface area (Å²) in [5.41, 5.74) is -0.147. The van der Waals surface area contributed by atoms with Crippen molar-refractivity contribution in [1.82, 2.24) is 14.5 Å². The van der Waals surface area contributed by atoms with Gasteiger partial charge < -0.3 is 9.67 Å². The maximum atomic E-state index is 12.1. The quantitative estimate of drug-likeness (QED) is 0.812. The maximum absolute atomic E-state index is 12.1. The van der Waals surface area contributed by atoms with Crippen LogP contribution in [0.2, 0.25) is 5.15 Å².